The van der Waals surface area contributed by atoms with E-state index in [1.54, 1.807) is 12.1 Å². The molecule has 1 aromatic carbocycles. The summed E-state index contributed by atoms with van der Waals surface area (Å²) in [5, 5.41) is 0. The van der Waals surface area contributed by atoms with Crippen molar-refractivity contribution in [3.8, 4) is 0 Å². The maximum absolute atomic E-state index is 13.1. The summed E-state index contributed by atoms with van der Waals surface area (Å²) < 4.78 is 13.1. The molecule has 4 heteroatoms. The molecule has 1 aliphatic heterocycles. The van der Waals surface area contributed by atoms with Crippen LogP contribution in [0.15, 0.2) is 24.3 Å². The Morgan fingerprint density at radius 2 is 1.54 bits per heavy atom. The second-order valence-electron chi connectivity index (χ2n) is 9.15. The lowest BCUT2D eigenvalue weighted by Crippen LogP contribution is -2.56. The van der Waals surface area contributed by atoms with Crippen LogP contribution in [0.1, 0.15) is 44.1 Å². The second kappa shape index (κ2) is 6.63. The fourth-order valence-electron chi connectivity index (χ4n) is 6.65. The Bertz CT molecular complexity index is 645. The van der Waals surface area contributed by atoms with E-state index in [0.29, 0.717) is 13.0 Å². The highest BCUT2D eigenvalue weighted by Crippen LogP contribution is 2.55. The van der Waals surface area contributed by atoms with Crippen LogP contribution in [0.5, 0.6) is 0 Å². The smallest absolute Gasteiger partial charge is 0.224 e. The molecule has 6 rings (SSSR count). The third kappa shape index (κ3) is 3.06. The first-order valence-corrected chi connectivity index (χ1v) is 10.4. The largest absolute Gasteiger partial charge is 0.337 e. The van der Waals surface area contributed by atoms with Gasteiger partial charge in [-0.3, -0.25) is 9.69 Å². The van der Waals surface area contributed by atoms with Gasteiger partial charge in [0.1, 0.15) is 5.82 Å². The second-order valence-corrected chi connectivity index (χ2v) is 9.15. The van der Waals surface area contributed by atoms with E-state index < -0.39 is 0 Å². The molecule has 4 saturated carbocycles. The molecule has 1 aromatic rings. The van der Waals surface area contributed by atoms with E-state index in [2.05, 4.69) is 4.90 Å². The summed E-state index contributed by atoms with van der Waals surface area (Å²) in [6.07, 6.45) is 7.85. The summed E-state index contributed by atoms with van der Waals surface area (Å²) in [6.45, 7) is 3.33. The Balaban J connectivity index is 1.26. The van der Waals surface area contributed by atoms with Crippen molar-refractivity contribution >= 4 is 5.91 Å². The van der Waals surface area contributed by atoms with E-state index in [-0.39, 0.29) is 11.7 Å². The number of amides is 1. The molecule has 1 amide bonds. The van der Waals surface area contributed by atoms with Crippen molar-refractivity contribution in [2.24, 2.45) is 23.7 Å². The van der Waals surface area contributed by atoms with Crippen molar-refractivity contribution in [1.29, 1.82) is 0 Å². The molecule has 0 atom stereocenters. The van der Waals surface area contributed by atoms with E-state index in [4.69, 9.17) is 0 Å². The summed E-state index contributed by atoms with van der Waals surface area (Å²) >= 11 is 0. The monoisotopic (exact) mass is 356 g/mol. The summed E-state index contributed by atoms with van der Waals surface area (Å²) in [5.41, 5.74) is 1.02. The molecule has 5 fully saturated rings. The Hall–Kier alpha value is -1.42. The maximum Gasteiger partial charge on any atom is 0.224 e. The van der Waals surface area contributed by atoms with Gasteiger partial charge < -0.3 is 4.90 Å². The van der Waals surface area contributed by atoms with Crippen molar-refractivity contribution < 1.29 is 9.18 Å². The molecule has 0 unspecified atom stereocenters. The summed E-state index contributed by atoms with van der Waals surface area (Å²) in [7, 11) is 0. The number of halogens is 1. The van der Waals surface area contributed by atoms with Gasteiger partial charge in [-0.05, 0) is 73.5 Å². The predicted molar refractivity (Wildman–Crippen MR) is 98.8 cm³/mol. The van der Waals surface area contributed by atoms with Gasteiger partial charge in [-0.2, -0.15) is 0 Å². The average Bonchev–Trinajstić information content (AvgIpc) is 2.79. The van der Waals surface area contributed by atoms with Gasteiger partial charge >= 0.3 is 0 Å². The molecular weight excluding hydrogens is 327 g/mol. The van der Waals surface area contributed by atoms with Crippen LogP contribution in [0.4, 0.5) is 4.39 Å². The van der Waals surface area contributed by atoms with Crippen LogP contribution in [0.3, 0.4) is 0 Å². The van der Waals surface area contributed by atoms with Gasteiger partial charge in [0, 0.05) is 38.6 Å². The number of benzene rings is 1. The van der Waals surface area contributed by atoms with Gasteiger partial charge in [-0.25, -0.2) is 4.39 Å². The number of carbonyl (C=O) groups is 1. The van der Waals surface area contributed by atoms with Crippen LogP contribution in [-0.4, -0.2) is 41.4 Å². The highest BCUT2D eigenvalue weighted by Gasteiger charge is 2.50. The van der Waals surface area contributed by atoms with Crippen LogP contribution in [-0.2, 0) is 11.3 Å². The molecule has 5 aliphatic rings. The number of nitrogens with zero attached hydrogens (tertiary/aromatic N) is 2. The van der Waals surface area contributed by atoms with Crippen molar-refractivity contribution in [2.75, 3.05) is 19.6 Å². The van der Waals surface area contributed by atoms with E-state index in [1.807, 2.05) is 4.90 Å². The van der Waals surface area contributed by atoms with Crippen LogP contribution in [0, 0.1) is 29.5 Å². The number of hydrogen-bond donors (Lipinski definition) is 0. The third-order valence-corrected chi connectivity index (χ3v) is 7.51. The number of hydrogen-bond acceptors (Lipinski definition) is 2. The normalized spacial score (nSPS) is 37.2. The number of carbonyl (C=O) groups excluding carboxylic acids is 1. The van der Waals surface area contributed by atoms with Gasteiger partial charge in [0.2, 0.25) is 5.91 Å². The lowest BCUT2D eigenvalue weighted by molar-refractivity contribution is -0.131. The zero-order valence-corrected chi connectivity index (χ0v) is 15.4. The molecule has 0 aromatic heterocycles. The molecule has 140 valence electrons. The first-order valence-electron chi connectivity index (χ1n) is 10.4. The highest BCUT2D eigenvalue weighted by molar-refractivity contribution is 5.76. The standard InChI is InChI=1S/C22H29FN2O/c23-20-3-1-15(2-4-20)14-25-8-7-24(6-5-21(25)26)22-18-10-16-9-17(12-18)13-19(22)11-16/h1-4,16-19,22H,5-14H2. The topological polar surface area (TPSA) is 23.6 Å². The first kappa shape index (κ1) is 16.7. The van der Waals surface area contributed by atoms with Crippen LogP contribution in [0.25, 0.3) is 0 Å². The molecule has 0 spiro atoms. The highest BCUT2D eigenvalue weighted by atomic mass is 19.1. The Labute approximate surface area is 155 Å². The third-order valence-electron chi connectivity index (χ3n) is 7.51. The fourth-order valence-corrected chi connectivity index (χ4v) is 6.65. The predicted octanol–water partition coefficient (Wildman–Crippen LogP) is 3.68. The van der Waals surface area contributed by atoms with Gasteiger partial charge in [-0.15, -0.1) is 0 Å². The van der Waals surface area contributed by atoms with Crippen molar-refractivity contribution in [1.82, 2.24) is 9.80 Å². The van der Waals surface area contributed by atoms with Crippen LogP contribution in [0.2, 0.25) is 0 Å². The molecule has 4 bridgehead atoms. The van der Waals surface area contributed by atoms with Crippen LogP contribution >= 0.6 is 0 Å². The fraction of sp³-hybridized carbons (Fsp3) is 0.682. The van der Waals surface area contributed by atoms with Crippen molar-refractivity contribution in [3.05, 3.63) is 35.6 Å². The zero-order valence-electron chi connectivity index (χ0n) is 15.4. The molecular formula is C22H29FN2O. The Morgan fingerprint density at radius 3 is 2.19 bits per heavy atom. The van der Waals surface area contributed by atoms with Gasteiger partial charge in [0.25, 0.3) is 0 Å². The minimum absolute atomic E-state index is 0.219. The first-order chi connectivity index (χ1) is 12.7. The summed E-state index contributed by atoms with van der Waals surface area (Å²) in [6, 6.07) is 7.28. The quantitative estimate of drug-likeness (QED) is 0.825. The van der Waals surface area contributed by atoms with Crippen molar-refractivity contribution in [3.63, 3.8) is 0 Å². The molecule has 3 nitrogen and oxygen atoms in total. The minimum atomic E-state index is -0.219. The molecule has 1 heterocycles. The van der Waals surface area contributed by atoms with E-state index in [0.717, 1.165) is 54.9 Å². The molecule has 4 aliphatic carbocycles. The van der Waals surface area contributed by atoms with Gasteiger partial charge in [0.05, 0.1) is 0 Å². The SMILES string of the molecule is O=C1CCN(C2C3CC4CC(C3)CC2C4)CCN1Cc1ccc(F)cc1. The van der Waals surface area contributed by atoms with E-state index in [1.165, 1.54) is 44.2 Å². The van der Waals surface area contributed by atoms with Crippen molar-refractivity contribution in [2.45, 2.75) is 51.1 Å². The van der Waals surface area contributed by atoms with Gasteiger partial charge in [0.15, 0.2) is 0 Å². The molecule has 1 saturated heterocycles. The lowest BCUT2D eigenvalue weighted by Gasteiger charge is -2.57. The molecule has 26 heavy (non-hydrogen) atoms. The van der Waals surface area contributed by atoms with Gasteiger partial charge in [-0.1, -0.05) is 12.1 Å². The molecule has 0 N–H and O–H groups in total. The van der Waals surface area contributed by atoms with E-state index in [9.17, 15) is 9.18 Å². The van der Waals surface area contributed by atoms with Crippen LogP contribution < -0.4 is 0 Å². The number of rotatable bonds is 3. The summed E-state index contributed by atoms with van der Waals surface area (Å²) in [4.78, 5) is 17.3. The molecule has 0 radical (unpaired) electrons. The maximum atomic E-state index is 13.1. The lowest BCUT2D eigenvalue weighted by atomic mass is 9.54. The average molecular weight is 356 g/mol. The van der Waals surface area contributed by atoms with E-state index >= 15 is 0 Å². The Morgan fingerprint density at radius 1 is 0.885 bits per heavy atom. The zero-order chi connectivity index (χ0) is 17.7. The summed E-state index contributed by atoms with van der Waals surface area (Å²) in [5.74, 6) is 3.79. The Kier molecular flexibility index (Phi) is 4.27. The minimum Gasteiger partial charge on any atom is -0.337 e.